The fourth-order valence-corrected chi connectivity index (χ4v) is 2.65. The lowest BCUT2D eigenvalue weighted by molar-refractivity contribution is 0.301. The van der Waals surface area contributed by atoms with E-state index in [0.29, 0.717) is 28.9 Å². The van der Waals surface area contributed by atoms with Crippen LogP contribution in [0.1, 0.15) is 11.3 Å². The summed E-state index contributed by atoms with van der Waals surface area (Å²) in [4.78, 5) is 4.21. The van der Waals surface area contributed by atoms with Gasteiger partial charge in [0.1, 0.15) is 17.4 Å². The summed E-state index contributed by atoms with van der Waals surface area (Å²) in [6.07, 6.45) is 1.73. The molecule has 3 nitrogen and oxygen atoms in total. The van der Waals surface area contributed by atoms with E-state index < -0.39 is 0 Å². The zero-order valence-electron chi connectivity index (χ0n) is 12.9. The van der Waals surface area contributed by atoms with E-state index in [-0.39, 0.29) is 0 Å². The van der Waals surface area contributed by atoms with Crippen molar-refractivity contribution in [3.8, 4) is 5.75 Å². The molecule has 0 aliphatic heterocycles. The van der Waals surface area contributed by atoms with Crippen molar-refractivity contribution >= 4 is 28.9 Å². The van der Waals surface area contributed by atoms with Gasteiger partial charge in [0.05, 0.1) is 16.4 Å². The summed E-state index contributed by atoms with van der Waals surface area (Å²) in [5.74, 6) is 0.539. The highest BCUT2D eigenvalue weighted by Crippen LogP contribution is 2.38. The zero-order chi connectivity index (χ0) is 16.8. The van der Waals surface area contributed by atoms with Crippen LogP contribution in [0.15, 0.2) is 66.9 Å². The van der Waals surface area contributed by atoms with Crippen molar-refractivity contribution < 1.29 is 4.74 Å². The van der Waals surface area contributed by atoms with E-state index >= 15 is 0 Å². The molecule has 0 aliphatic rings. The number of nitrogens with zero attached hydrogens (tertiary/aromatic N) is 1. The quantitative estimate of drug-likeness (QED) is 0.624. The fraction of sp³-hybridized carbons (Fsp3) is 0.105. The minimum Gasteiger partial charge on any atom is -0.486 e. The maximum atomic E-state index is 6.36. The number of anilines is 1. The number of hydrogen-bond acceptors (Lipinski definition) is 3. The average Bonchev–Trinajstić information content (AvgIpc) is 2.64. The zero-order valence-corrected chi connectivity index (χ0v) is 14.4. The van der Waals surface area contributed by atoms with Crippen molar-refractivity contribution in [2.75, 3.05) is 5.32 Å². The van der Waals surface area contributed by atoms with Crippen molar-refractivity contribution in [3.63, 3.8) is 0 Å². The Balaban J connectivity index is 1.67. The van der Waals surface area contributed by atoms with Gasteiger partial charge < -0.3 is 10.1 Å². The lowest BCUT2D eigenvalue weighted by Gasteiger charge is -2.13. The Kier molecular flexibility index (Phi) is 5.57. The summed E-state index contributed by atoms with van der Waals surface area (Å²) in [6, 6.07) is 19.4. The number of hydrogen-bond donors (Lipinski definition) is 1. The van der Waals surface area contributed by atoms with Gasteiger partial charge in [-0.05, 0) is 29.8 Å². The maximum Gasteiger partial charge on any atom is 0.140 e. The summed E-state index contributed by atoms with van der Waals surface area (Å²) in [5.41, 5.74) is 2.77. The Hall–Kier alpha value is -2.23. The highest BCUT2D eigenvalue weighted by atomic mass is 35.5. The smallest absolute Gasteiger partial charge is 0.140 e. The van der Waals surface area contributed by atoms with E-state index in [4.69, 9.17) is 27.9 Å². The highest BCUT2D eigenvalue weighted by molar-refractivity contribution is 6.44. The van der Waals surface area contributed by atoms with Crippen LogP contribution in [-0.2, 0) is 13.2 Å². The first-order valence-corrected chi connectivity index (χ1v) is 8.28. The molecule has 5 heteroatoms. The maximum absolute atomic E-state index is 6.36. The van der Waals surface area contributed by atoms with Crippen LogP contribution in [0.5, 0.6) is 5.75 Å². The molecule has 0 atom stereocenters. The van der Waals surface area contributed by atoms with Gasteiger partial charge in [0.2, 0.25) is 0 Å². The summed E-state index contributed by atoms with van der Waals surface area (Å²) in [6.45, 7) is 1.01. The Morgan fingerprint density at radius 2 is 1.67 bits per heavy atom. The first kappa shape index (κ1) is 16.6. The van der Waals surface area contributed by atoms with Crippen molar-refractivity contribution in [1.82, 2.24) is 4.98 Å². The van der Waals surface area contributed by atoms with Gasteiger partial charge in [0, 0.05) is 12.7 Å². The van der Waals surface area contributed by atoms with Gasteiger partial charge in [-0.2, -0.15) is 0 Å². The van der Waals surface area contributed by atoms with Crippen LogP contribution in [0, 0.1) is 0 Å². The number of nitrogens with one attached hydrogen (secondary N) is 1. The second-order valence-electron chi connectivity index (χ2n) is 5.19. The van der Waals surface area contributed by atoms with Gasteiger partial charge in [-0.3, -0.25) is 4.98 Å². The number of benzene rings is 2. The van der Waals surface area contributed by atoms with E-state index in [1.165, 1.54) is 5.56 Å². The van der Waals surface area contributed by atoms with E-state index in [1.54, 1.807) is 6.20 Å². The van der Waals surface area contributed by atoms with E-state index in [9.17, 15) is 0 Å². The SMILES string of the molecule is Clc1c(NCc2ccccc2)ccc(OCc2ccccn2)c1Cl. The molecule has 1 heterocycles. The summed E-state index contributed by atoms with van der Waals surface area (Å²) >= 11 is 12.7. The summed E-state index contributed by atoms with van der Waals surface area (Å²) in [7, 11) is 0. The average molecular weight is 359 g/mol. The summed E-state index contributed by atoms with van der Waals surface area (Å²) < 4.78 is 5.71. The molecule has 3 rings (SSSR count). The molecule has 1 N–H and O–H groups in total. The minimum absolute atomic E-state index is 0.341. The minimum atomic E-state index is 0.341. The molecule has 0 saturated heterocycles. The molecule has 0 aliphatic carbocycles. The Morgan fingerprint density at radius 1 is 0.875 bits per heavy atom. The molecule has 3 aromatic rings. The molecular weight excluding hydrogens is 343 g/mol. The van der Waals surface area contributed by atoms with Gasteiger partial charge in [-0.15, -0.1) is 0 Å². The number of halogens is 2. The third kappa shape index (κ3) is 4.19. The van der Waals surface area contributed by atoms with E-state index in [0.717, 1.165) is 11.4 Å². The fourth-order valence-electron chi connectivity index (χ4n) is 2.21. The molecular formula is C19H16Cl2N2O. The monoisotopic (exact) mass is 358 g/mol. The molecule has 122 valence electrons. The predicted molar refractivity (Wildman–Crippen MR) is 98.8 cm³/mol. The molecule has 2 aromatic carbocycles. The first-order chi connectivity index (χ1) is 11.7. The largest absolute Gasteiger partial charge is 0.486 e. The molecule has 0 fully saturated rings. The van der Waals surface area contributed by atoms with Crippen molar-refractivity contribution in [3.05, 3.63) is 88.2 Å². The van der Waals surface area contributed by atoms with Crippen LogP contribution in [0.2, 0.25) is 10.0 Å². The normalized spacial score (nSPS) is 10.4. The predicted octanol–water partition coefficient (Wildman–Crippen LogP) is 5.58. The van der Waals surface area contributed by atoms with Crippen LogP contribution >= 0.6 is 23.2 Å². The number of aromatic nitrogens is 1. The van der Waals surface area contributed by atoms with Crippen LogP contribution in [-0.4, -0.2) is 4.98 Å². The van der Waals surface area contributed by atoms with Gasteiger partial charge in [0.25, 0.3) is 0 Å². The molecule has 0 radical (unpaired) electrons. The number of ether oxygens (including phenoxy) is 1. The number of rotatable bonds is 6. The van der Waals surface area contributed by atoms with Crippen LogP contribution < -0.4 is 10.1 Å². The second-order valence-corrected chi connectivity index (χ2v) is 5.94. The molecule has 0 unspecified atom stereocenters. The molecule has 0 spiro atoms. The molecule has 0 saturated carbocycles. The van der Waals surface area contributed by atoms with Crippen LogP contribution in [0.3, 0.4) is 0 Å². The lowest BCUT2D eigenvalue weighted by Crippen LogP contribution is -2.02. The van der Waals surface area contributed by atoms with Crippen molar-refractivity contribution in [1.29, 1.82) is 0 Å². The standard InChI is InChI=1S/C19H16Cl2N2O/c20-18-16(23-12-14-6-2-1-3-7-14)9-10-17(19(18)21)24-13-15-8-4-5-11-22-15/h1-11,23H,12-13H2. The topological polar surface area (TPSA) is 34.1 Å². The Bertz CT molecular complexity index is 727. The Morgan fingerprint density at radius 3 is 2.42 bits per heavy atom. The van der Waals surface area contributed by atoms with E-state index in [1.807, 2.05) is 60.7 Å². The number of pyridine rings is 1. The van der Waals surface area contributed by atoms with Gasteiger partial charge in [-0.25, -0.2) is 0 Å². The van der Waals surface area contributed by atoms with Gasteiger partial charge in [0.15, 0.2) is 0 Å². The molecule has 24 heavy (non-hydrogen) atoms. The van der Waals surface area contributed by atoms with E-state index in [2.05, 4.69) is 10.3 Å². The van der Waals surface area contributed by atoms with Crippen molar-refractivity contribution in [2.24, 2.45) is 0 Å². The van der Waals surface area contributed by atoms with Crippen molar-refractivity contribution in [2.45, 2.75) is 13.2 Å². The molecule has 1 aromatic heterocycles. The highest BCUT2D eigenvalue weighted by Gasteiger charge is 2.11. The van der Waals surface area contributed by atoms with Gasteiger partial charge >= 0.3 is 0 Å². The van der Waals surface area contributed by atoms with Crippen LogP contribution in [0.4, 0.5) is 5.69 Å². The van der Waals surface area contributed by atoms with Gasteiger partial charge in [-0.1, -0.05) is 59.6 Å². The first-order valence-electron chi connectivity index (χ1n) is 7.52. The molecule has 0 bridgehead atoms. The molecule has 0 amide bonds. The third-order valence-corrected chi connectivity index (χ3v) is 4.34. The second kappa shape index (κ2) is 8.04. The third-order valence-electron chi connectivity index (χ3n) is 3.47. The summed E-state index contributed by atoms with van der Waals surface area (Å²) in [5, 5.41) is 4.13. The van der Waals surface area contributed by atoms with Crippen LogP contribution in [0.25, 0.3) is 0 Å². The Labute approximate surface area is 151 Å². The lowest BCUT2D eigenvalue weighted by atomic mass is 10.2.